The Morgan fingerprint density at radius 1 is 1.03 bits per heavy atom. The maximum Gasteiger partial charge on any atom is 0.262 e. The number of nitrogens with zero attached hydrogens (tertiary/aromatic N) is 2. The number of ether oxygens (including phenoxy) is 2. The molecular formula is C27H27ClFN3O3S. The topological polar surface area (TPSA) is 54.0 Å². The number of carbonyl (C=O) groups excluding carboxylic acids is 1. The van der Waals surface area contributed by atoms with Gasteiger partial charge in [-0.3, -0.25) is 4.79 Å². The van der Waals surface area contributed by atoms with Crippen molar-refractivity contribution < 1.29 is 18.7 Å². The SMILES string of the molecule is CCOc1cc(C(=S)N2CCN(c3ccccc3F)CC2)cc(Cl)c1OCC(=O)Nc1ccccc1. The molecule has 3 aromatic carbocycles. The Labute approximate surface area is 220 Å². The van der Waals surface area contributed by atoms with Crippen molar-refractivity contribution in [2.24, 2.45) is 0 Å². The zero-order valence-electron chi connectivity index (χ0n) is 19.9. The highest BCUT2D eigenvalue weighted by Gasteiger charge is 2.23. The molecule has 0 spiro atoms. The number of para-hydroxylation sites is 2. The molecule has 0 bridgehead atoms. The minimum absolute atomic E-state index is 0.226. The van der Waals surface area contributed by atoms with E-state index in [9.17, 15) is 9.18 Å². The Bertz CT molecular complexity index is 1220. The first-order chi connectivity index (χ1) is 17.5. The maximum absolute atomic E-state index is 14.2. The summed E-state index contributed by atoms with van der Waals surface area (Å²) in [6, 6.07) is 19.4. The summed E-state index contributed by atoms with van der Waals surface area (Å²) in [5.41, 5.74) is 2.00. The Morgan fingerprint density at radius 2 is 1.72 bits per heavy atom. The van der Waals surface area contributed by atoms with E-state index in [1.807, 2.05) is 36.1 Å². The third-order valence-corrected chi connectivity index (χ3v) is 6.50. The summed E-state index contributed by atoms with van der Waals surface area (Å²) in [6.07, 6.45) is 0. The van der Waals surface area contributed by atoms with Gasteiger partial charge in [-0.25, -0.2) is 4.39 Å². The molecule has 6 nitrogen and oxygen atoms in total. The number of hydrogen-bond acceptors (Lipinski definition) is 5. The quantitative estimate of drug-likeness (QED) is 0.396. The third kappa shape index (κ3) is 6.25. The molecule has 36 heavy (non-hydrogen) atoms. The number of benzene rings is 3. The molecule has 3 aromatic rings. The highest BCUT2D eigenvalue weighted by Crippen LogP contribution is 2.37. The molecule has 4 rings (SSSR count). The largest absolute Gasteiger partial charge is 0.490 e. The van der Waals surface area contributed by atoms with Crippen LogP contribution in [0.1, 0.15) is 12.5 Å². The van der Waals surface area contributed by atoms with Gasteiger partial charge >= 0.3 is 0 Å². The zero-order valence-corrected chi connectivity index (χ0v) is 21.4. The molecule has 0 unspecified atom stereocenters. The number of amides is 1. The van der Waals surface area contributed by atoms with Crippen LogP contribution in [0.2, 0.25) is 5.02 Å². The lowest BCUT2D eigenvalue weighted by molar-refractivity contribution is -0.118. The lowest BCUT2D eigenvalue weighted by atomic mass is 10.1. The van der Waals surface area contributed by atoms with Gasteiger partial charge in [-0.2, -0.15) is 0 Å². The van der Waals surface area contributed by atoms with Crippen molar-refractivity contribution in [1.82, 2.24) is 4.90 Å². The third-order valence-electron chi connectivity index (χ3n) is 5.72. The summed E-state index contributed by atoms with van der Waals surface area (Å²) < 4.78 is 25.7. The molecule has 1 saturated heterocycles. The van der Waals surface area contributed by atoms with E-state index in [-0.39, 0.29) is 24.1 Å². The number of hydrogen-bond donors (Lipinski definition) is 1. The standard InChI is InChI=1S/C27H27ClFN3O3S/c1-2-34-24-17-19(16-21(28)26(24)35-18-25(33)30-20-8-4-3-5-9-20)27(36)32-14-12-31(13-15-32)23-11-7-6-10-22(23)29/h3-11,16-17H,2,12-15,18H2,1H3,(H,30,33). The molecule has 1 N–H and O–H groups in total. The van der Waals surface area contributed by atoms with Crippen molar-refractivity contribution in [2.45, 2.75) is 6.92 Å². The van der Waals surface area contributed by atoms with Crippen molar-refractivity contribution >= 4 is 46.1 Å². The zero-order chi connectivity index (χ0) is 25.5. The van der Waals surface area contributed by atoms with E-state index < -0.39 is 0 Å². The van der Waals surface area contributed by atoms with Crippen molar-refractivity contribution in [2.75, 3.05) is 49.6 Å². The smallest absolute Gasteiger partial charge is 0.262 e. The van der Waals surface area contributed by atoms with E-state index in [1.54, 1.807) is 36.4 Å². The molecule has 188 valence electrons. The van der Waals surface area contributed by atoms with Gasteiger partial charge < -0.3 is 24.6 Å². The van der Waals surface area contributed by atoms with Crippen LogP contribution in [0, 0.1) is 5.82 Å². The minimum Gasteiger partial charge on any atom is -0.490 e. The summed E-state index contributed by atoms with van der Waals surface area (Å²) in [5.74, 6) is 0.166. The Hall–Kier alpha value is -3.36. The van der Waals surface area contributed by atoms with Crippen LogP contribution in [0.15, 0.2) is 66.7 Å². The molecule has 0 aromatic heterocycles. The fraction of sp³-hybridized carbons (Fsp3) is 0.259. The number of piperazine rings is 1. The van der Waals surface area contributed by atoms with Crippen LogP contribution in [0.3, 0.4) is 0 Å². The van der Waals surface area contributed by atoms with Crippen LogP contribution in [-0.4, -0.2) is 55.2 Å². The van der Waals surface area contributed by atoms with E-state index in [0.717, 1.165) is 5.56 Å². The van der Waals surface area contributed by atoms with E-state index >= 15 is 0 Å². The summed E-state index contributed by atoms with van der Waals surface area (Å²) in [6.45, 7) is 4.60. The van der Waals surface area contributed by atoms with Gasteiger partial charge in [0.25, 0.3) is 5.91 Å². The number of anilines is 2. The number of halogens is 2. The van der Waals surface area contributed by atoms with Crippen molar-refractivity contribution in [3.63, 3.8) is 0 Å². The molecule has 0 saturated carbocycles. The minimum atomic E-state index is -0.313. The molecule has 0 radical (unpaired) electrons. The monoisotopic (exact) mass is 527 g/mol. The molecule has 0 atom stereocenters. The van der Waals surface area contributed by atoms with Gasteiger partial charge in [0.05, 0.1) is 17.3 Å². The molecule has 1 aliphatic rings. The number of rotatable bonds is 8. The van der Waals surface area contributed by atoms with Gasteiger partial charge in [0.15, 0.2) is 18.1 Å². The first-order valence-corrected chi connectivity index (χ1v) is 12.5. The van der Waals surface area contributed by atoms with Crippen LogP contribution >= 0.6 is 23.8 Å². The van der Waals surface area contributed by atoms with Gasteiger partial charge in [-0.05, 0) is 43.3 Å². The van der Waals surface area contributed by atoms with E-state index in [1.165, 1.54) is 6.07 Å². The van der Waals surface area contributed by atoms with Gasteiger partial charge in [-0.15, -0.1) is 0 Å². The summed E-state index contributed by atoms with van der Waals surface area (Å²) >= 11 is 12.3. The van der Waals surface area contributed by atoms with Crippen LogP contribution in [0.4, 0.5) is 15.8 Å². The fourth-order valence-corrected chi connectivity index (χ4v) is 4.56. The first kappa shape index (κ1) is 25.7. The highest BCUT2D eigenvalue weighted by molar-refractivity contribution is 7.80. The van der Waals surface area contributed by atoms with Crippen LogP contribution in [-0.2, 0) is 4.79 Å². The molecule has 1 amide bonds. The predicted molar refractivity (Wildman–Crippen MR) is 145 cm³/mol. The van der Waals surface area contributed by atoms with E-state index in [2.05, 4.69) is 10.2 Å². The Balaban J connectivity index is 1.42. The Morgan fingerprint density at radius 3 is 2.42 bits per heavy atom. The molecule has 1 fully saturated rings. The molecule has 9 heteroatoms. The van der Waals surface area contributed by atoms with Gasteiger partial charge in [0, 0.05) is 37.4 Å². The van der Waals surface area contributed by atoms with Crippen molar-refractivity contribution in [1.29, 1.82) is 0 Å². The highest BCUT2D eigenvalue weighted by atomic mass is 35.5. The second-order valence-electron chi connectivity index (χ2n) is 8.15. The van der Waals surface area contributed by atoms with Crippen LogP contribution < -0.4 is 19.7 Å². The van der Waals surface area contributed by atoms with E-state index in [4.69, 9.17) is 33.3 Å². The summed E-state index contributed by atoms with van der Waals surface area (Å²) in [5, 5.41) is 3.07. The Kier molecular flexibility index (Phi) is 8.61. The number of carbonyl (C=O) groups is 1. The normalized spacial score (nSPS) is 13.3. The van der Waals surface area contributed by atoms with Crippen molar-refractivity contribution in [3.05, 3.63) is 83.1 Å². The van der Waals surface area contributed by atoms with Crippen molar-refractivity contribution in [3.8, 4) is 11.5 Å². The first-order valence-electron chi connectivity index (χ1n) is 11.7. The van der Waals surface area contributed by atoms with Gasteiger partial charge in [-0.1, -0.05) is 54.2 Å². The molecular weight excluding hydrogens is 501 g/mol. The maximum atomic E-state index is 14.2. The van der Waals surface area contributed by atoms with Gasteiger partial charge in [0.2, 0.25) is 0 Å². The molecule has 1 heterocycles. The average molecular weight is 528 g/mol. The summed E-state index contributed by atoms with van der Waals surface area (Å²) in [7, 11) is 0. The number of nitrogens with one attached hydrogen (secondary N) is 1. The lowest BCUT2D eigenvalue weighted by Gasteiger charge is -2.37. The second kappa shape index (κ2) is 12.1. The summed E-state index contributed by atoms with van der Waals surface area (Å²) in [4.78, 5) is 17.0. The van der Waals surface area contributed by atoms with E-state index in [0.29, 0.717) is 59.9 Å². The van der Waals surface area contributed by atoms with Crippen LogP contribution in [0.25, 0.3) is 0 Å². The predicted octanol–water partition coefficient (Wildman–Crippen LogP) is 5.39. The second-order valence-corrected chi connectivity index (χ2v) is 8.95. The average Bonchev–Trinajstić information content (AvgIpc) is 2.89. The molecule has 1 aliphatic heterocycles. The number of thiocarbonyl (C=S) groups is 1. The lowest BCUT2D eigenvalue weighted by Crippen LogP contribution is -2.48. The molecule has 0 aliphatic carbocycles. The van der Waals surface area contributed by atoms with Gasteiger partial charge in [0.1, 0.15) is 10.8 Å². The fourth-order valence-electron chi connectivity index (χ4n) is 3.99. The van der Waals surface area contributed by atoms with Crippen LogP contribution in [0.5, 0.6) is 11.5 Å².